The summed E-state index contributed by atoms with van der Waals surface area (Å²) < 4.78 is 5.23. The Bertz CT molecular complexity index is 430. The van der Waals surface area contributed by atoms with E-state index in [0.29, 0.717) is 11.7 Å². The molecule has 2 aromatic rings. The zero-order valence-electron chi connectivity index (χ0n) is 9.84. The lowest BCUT2D eigenvalue weighted by molar-refractivity contribution is 0.340. The van der Waals surface area contributed by atoms with Crippen molar-refractivity contribution in [3.8, 4) is 11.4 Å². The normalized spacial score (nSPS) is 12.1. The second-order valence-corrected chi connectivity index (χ2v) is 4.42. The van der Waals surface area contributed by atoms with E-state index in [1.54, 1.807) is 11.3 Å². The summed E-state index contributed by atoms with van der Waals surface area (Å²) in [4.78, 5) is 4.37. The Morgan fingerprint density at radius 1 is 1.53 bits per heavy atom. The molecule has 4 nitrogen and oxygen atoms in total. The molecule has 1 atom stereocenters. The van der Waals surface area contributed by atoms with Gasteiger partial charge in [-0.3, -0.25) is 0 Å². The predicted molar refractivity (Wildman–Crippen MR) is 71.6 cm³/mol. The number of hydrogen-bond donors (Lipinski definition) is 1. The minimum atomic E-state index is 0. The first kappa shape index (κ1) is 14.2. The number of thiophene rings is 1. The molecule has 0 amide bonds. The molecule has 1 N–H and O–H groups in total. The molecule has 0 aliphatic rings. The Hall–Kier alpha value is -0.910. The smallest absolute Gasteiger partial charge is 0.243 e. The van der Waals surface area contributed by atoms with Gasteiger partial charge in [0.15, 0.2) is 0 Å². The van der Waals surface area contributed by atoms with Crippen LogP contribution >= 0.6 is 23.7 Å². The van der Waals surface area contributed by atoms with Crippen LogP contribution in [0.15, 0.2) is 21.3 Å². The summed E-state index contributed by atoms with van der Waals surface area (Å²) in [5, 5.41) is 11.3. The van der Waals surface area contributed by atoms with Crippen LogP contribution in [0.2, 0.25) is 0 Å². The van der Waals surface area contributed by atoms with Gasteiger partial charge >= 0.3 is 0 Å². The number of rotatable bonds is 5. The molecule has 2 aromatic heterocycles. The molecule has 94 valence electrons. The van der Waals surface area contributed by atoms with Gasteiger partial charge in [-0.15, -0.1) is 12.4 Å². The third-order valence-electron chi connectivity index (χ3n) is 2.29. The van der Waals surface area contributed by atoms with E-state index in [-0.39, 0.29) is 18.4 Å². The van der Waals surface area contributed by atoms with E-state index in [9.17, 15) is 0 Å². The maximum Gasteiger partial charge on any atom is 0.243 e. The number of nitrogens with one attached hydrogen (secondary N) is 1. The number of halogens is 1. The summed E-state index contributed by atoms with van der Waals surface area (Å²) in [6, 6.07) is 2.10. The second kappa shape index (κ2) is 6.74. The lowest BCUT2D eigenvalue weighted by Crippen LogP contribution is -2.19. The molecule has 0 fully saturated rings. The lowest BCUT2D eigenvalue weighted by Gasteiger charge is -2.06. The summed E-state index contributed by atoms with van der Waals surface area (Å²) in [5.41, 5.74) is 1.02. The molecule has 6 heteroatoms. The Labute approximate surface area is 111 Å². The van der Waals surface area contributed by atoms with Gasteiger partial charge in [0.05, 0.1) is 6.04 Å². The monoisotopic (exact) mass is 273 g/mol. The Morgan fingerprint density at radius 2 is 2.35 bits per heavy atom. The van der Waals surface area contributed by atoms with Crippen molar-refractivity contribution < 1.29 is 4.52 Å². The second-order valence-electron chi connectivity index (χ2n) is 3.64. The standard InChI is InChI=1S/C11H15N3OS.ClH/c1-3-5-12-8(2)11-13-10(14-15-11)9-4-6-16-7-9;/h4,6-8,12H,3,5H2,1-2H3;1H. The molecule has 0 saturated carbocycles. The molecule has 0 aromatic carbocycles. The van der Waals surface area contributed by atoms with Crippen molar-refractivity contribution in [3.63, 3.8) is 0 Å². The Morgan fingerprint density at radius 3 is 3.00 bits per heavy atom. The van der Waals surface area contributed by atoms with Crippen molar-refractivity contribution in [1.82, 2.24) is 15.5 Å². The van der Waals surface area contributed by atoms with E-state index < -0.39 is 0 Å². The topological polar surface area (TPSA) is 51.0 Å². The number of hydrogen-bond acceptors (Lipinski definition) is 5. The van der Waals surface area contributed by atoms with Crippen LogP contribution in [0.5, 0.6) is 0 Å². The largest absolute Gasteiger partial charge is 0.337 e. The van der Waals surface area contributed by atoms with E-state index >= 15 is 0 Å². The van der Waals surface area contributed by atoms with Crippen LogP contribution in [0.4, 0.5) is 0 Å². The van der Waals surface area contributed by atoms with Crippen LogP contribution in [0.25, 0.3) is 11.4 Å². The molecule has 2 heterocycles. The van der Waals surface area contributed by atoms with Crippen LogP contribution < -0.4 is 5.32 Å². The fourth-order valence-electron chi connectivity index (χ4n) is 1.37. The number of nitrogens with zero attached hydrogens (tertiary/aromatic N) is 2. The summed E-state index contributed by atoms with van der Waals surface area (Å²) in [7, 11) is 0. The predicted octanol–water partition coefficient (Wildman–Crippen LogP) is 3.28. The van der Waals surface area contributed by atoms with Gasteiger partial charge in [-0.05, 0) is 31.3 Å². The van der Waals surface area contributed by atoms with Crippen LogP contribution in [0, 0.1) is 0 Å². The van der Waals surface area contributed by atoms with Crippen molar-refractivity contribution in [2.24, 2.45) is 0 Å². The van der Waals surface area contributed by atoms with E-state index in [4.69, 9.17) is 4.52 Å². The van der Waals surface area contributed by atoms with Gasteiger partial charge in [-0.25, -0.2) is 0 Å². The quantitative estimate of drug-likeness (QED) is 0.908. The van der Waals surface area contributed by atoms with Crippen molar-refractivity contribution in [1.29, 1.82) is 0 Å². The number of aromatic nitrogens is 2. The van der Waals surface area contributed by atoms with E-state index in [0.717, 1.165) is 18.5 Å². The minimum Gasteiger partial charge on any atom is -0.337 e. The van der Waals surface area contributed by atoms with Crippen molar-refractivity contribution in [2.45, 2.75) is 26.3 Å². The summed E-state index contributed by atoms with van der Waals surface area (Å²) in [6.07, 6.45) is 1.09. The van der Waals surface area contributed by atoms with Gasteiger partial charge in [0, 0.05) is 10.9 Å². The Kier molecular flexibility index (Phi) is 5.61. The fraction of sp³-hybridized carbons (Fsp3) is 0.455. The first-order chi connectivity index (χ1) is 7.81. The molecule has 0 spiro atoms. The summed E-state index contributed by atoms with van der Waals surface area (Å²) in [5.74, 6) is 1.32. The highest BCUT2D eigenvalue weighted by Crippen LogP contribution is 2.20. The fourth-order valence-corrected chi connectivity index (χ4v) is 2.00. The maximum atomic E-state index is 5.23. The third-order valence-corrected chi connectivity index (χ3v) is 2.98. The maximum absolute atomic E-state index is 5.23. The molecule has 0 aliphatic heterocycles. The SMILES string of the molecule is CCCNC(C)c1nc(-c2ccsc2)no1.Cl. The van der Waals surface area contributed by atoms with Gasteiger partial charge in [-0.1, -0.05) is 12.1 Å². The average Bonchev–Trinajstić information content (AvgIpc) is 2.94. The van der Waals surface area contributed by atoms with E-state index in [1.165, 1.54) is 0 Å². The van der Waals surface area contributed by atoms with E-state index in [1.807, 2.05) is 23.8 Å². The highest BCUT2D eigenvalue weighted by atomic mass is 35.5. The van der Waals surface area contributed by atoms with Gasteiger partial charge in [0.2, 0.25) is 11.7 Å². The van der Waals surface area contributed by atoms with Crippen molar-refractivity contribution in [3.05, 3.63) is 22.7 Å². The zero-order chi connectivity index (χ0) is 11.4. The van der Waals surface area contributed by atoms with E-state index in [2.05, 4.69) is 22.4 Å². The highest BCUT2D eigenvalue weighted by Gasteiger charge is 2.14. The molecular weight excluding hydrogens is 258 g/mol. The summed E-state index contributed by atoms with van der Waals surface area (Å²) >= 11 is 1.63. The van der Waals surface area contributed by atoms with Crippen LogP contribution in [0.3, 0.4) is 0 Å². The first-order valence-corrected chi connectivity index (χ1v) is 6.35. The van der Waals surface area contributed by atoms with Crippen molar-refractivity contribution in [2.75, 3.05) is 6.54 Å². The highest BCUT2D eigenvalue weighted by molar-refractivity contribution is 7.08. The summed E-state index contributed by atoms with van der Waals surface area (Å²) in [6.45, 7) is 5.11. The lowest BCUT2D eigenvalue weighted by atomic mass is 10.3. The molecule has 2 rings (SSSR count). The van der Waals surface area contributed by atoms with Crippen LogP contribution in [-0.4, -0.2) is 16.7 Å². The third kappa shape index (κ3) is 3.52. The van der Waals surface area contributed by atoms with Gasteiger partial charge in [0.25, 0.3) is 0 Å². The Balaban J connectivity index is 0.00000144. The molecule has 1 unspecified atom stereocenters. The molecule has 17 heavy (non-hydrogen) atoms. The molecular formula is C11H16ClN3OS. The molecule has 0 radical (unpaired) electrons. The first-order valence-electron chi connectivity index (χ1n) is 5.40. The van der Waals surface area contributed by atoms with Gasteiger partial charge in [-0.2, -0.15) is 16.3 Å². The zero-order valence-corrected chi connectivity index (χ0v) is 11.5. The van der Waals surface area contributed by atoms with Gasteiger partial charge in [0.1, 0.15) is 0 Å². The molecule has 0 aliphatic carbocycles. The molecule has 0 bridgehead atoms. The average molecular weight is 274 g/mol. The van der Waals surface area contributed by atoms with Crippen molar-refractivity contribution >= 4 is 23.7 Å². The molecule has 0 saturated heterocycles. The van der Waals surface area contributed by atoms with Crippen LogP contribution in [-0.2, 0) is 0 Å². The van der Waals surface area contributed by atoms with Crippen LogP contribution in [0.1, 0.15) is 32.2 Å². The van der Waals surface area contributed by atoms with Gasteiger partial charge < -0.3 is 9.84 Å². The minimum absolute atomic E-state index is 0.